The van der Waals surface area contributed by atoms with Gasteiger partial charge in [0, 0.05) is 18.4 Å². The van der Waals surface area contributed by atoms with Crippen molar-refractivity contribution in [1.29, 1.82) is 0 Å². The molecule has 2 N–H and O–H groups in total. The number of hydrogen-bond donors (Lipinski definition) is 1. The number of nitrogens with two attached hydrogens (primary N) is 1. The molecule has 3 heteroatoms. The third-order valence-corrected chi connectivity index (χ3v) is 4.05. The highest BCUT2D eigenvalue weighted by Gasteiger charge is 2.14. The normalized spacial score (nSPS) is 14.3. The number of fused-ring (bicyclic) bond motifs is 1. The Kier molecular flexibility index (Phi) is 5.48. The van der Waals surface area contributed by atoms with Crippen LogP contribution in [0.1, 0.15) is 57.6 Å². The van der Waals surface area contributed by atoms with Crippen LogP contribution in [0.4, 0.5) is 0 Å². The average Bonchev–Trinajstić information content (AvgIpc) is 2.50. The predicted molar refractivity (Wildman–Crippen MR) is 84.4 cm³/mol. The van der Waals surface area contributed by atoms with Gasteiger partial charge in [-0.05, 0) is 30.0 Å². The van der Waals surface area contributed by atoms with Gasteiger partial charge in [-0.1, -0.05) is 45.6 Å². The molecule has 1 aromatic heterocycles. The Morgan fingerprint density at radius 3 is 2.55 bits per heavy atom. The quantitative estimate of drug-likeness (QED) is 0.819. The number of rotatable bonds is 7. The zero-order valence-electron chi connectivity index (χ0n) is 12.5. The Hall–Kier alpha value is -1.48. The lowest BCUT2D eigenvalue weighted by molar-refractivity contribution is 0.388. The van der Waals surface area contributed by atoms with E-state index in [0.717, 1.165) is 23.4 Å². The van der Waals surface area contributed by atoms with E-state index in [2.05, 4.69) is 35.9 Å². The van der Waals surface area contributed by atoms with Gasteiger partial charge in [-0.15, -0.1) is 0 Å². The summed E-state index contributed by atoms with van der Waals surface area (Å²) in [7, 11) is 0. The van der Waals surface area contributed by atoms with Crippen molar-refractivity contribution in [3.8, 4) is 0 Å². The van der Waals surface area contributed by atoms with E-state index < -0.39 is 0 Å². The van der Waals surface area contributed by atoms with E-state index in [-0.39, 0.29) is 6.04 Å². The smallest absolute Gasteiger partial charge is 0.0890 e. The summed E-state index contributed by atoms with van der Waals surface area (Å²) in [5.74, 6) is 0.725. The van der Waals surface area contributed by atoms with Gasteiger partial charge in [0.1, 0.15) is 0 Å². The number of aromatic nitrogens is 2. The van der Waals surface area contributed by atoms with Crippen LogP contribution >= 0.6 is 0 Å². The Bertz CT molecular complexity index is 539. The lowest BCUT2D eigenvalue weighted by Gasteiger charge is -2.20. The molecule has 0 bridgehead atoms. The van der Waals surface area contributed by atoms with Gasteiger partial charge in [-0.3, -0.25) is 9.97 Å². The van der Waals surface area contributed by atoms with Crippen LogP contribution in [0.5, 0.6) is 0 Å². The fourth-order valence-electron chi connectivity index (χ4n) is 2.69. The van der Waals surface area contributed by atoms with Gasteiger partial charge in [-0.2, -0.15) is 0 Å². The summed E-state index contributed by atoms with van der Waals surface area (Å²) in [5.41, 5.74) is 9.42. The molecule has 2 unspecified atom stereocenters. The van der Waals surface area contributed by atoms with Gasteiger partial charge in [0.25, 0.3) is 0 Å². The maximum atomic E-state index is 6.39. The predicted octanol–water partition coefficient (Wildman–Crippen LogP) is 4.24. The second-order valence-corrected chi connectivity index (χ2v) is 5.56. The Morgan fingerprint density at radius 2 is 1.85 bits per heavy atom. The van der Waals surface area contributed by atoms with Crippen LogP contribution < -0.4 is 5.73 Å². The van der Waals surface area contributed by atoms with Crippen LogP contribution in [0.2, 0.25) is 0 Å². The third-order valence-electron chi connectivity index (χ3n) is 4.05. The standard InChI is InChI=1S/C17H25N3/c1-3-5-6-13(4-2)11-15(18)14-7-8-16-17(12-14)20-10-9-19-16/h7-10,12-13,15H,3-6,11,18H2,1-2H3. The molecule has 0 saturated carbocycles. The SMILES string of the molecule is CCCCC(CC)CC(N)c1ccc2nccnc2c1. The zero-order valence-corrected chi connectivity index (χ0v) is 12.5. The summed E-state index contributed by atoms with van der Waals surface area (Å²) in [5, 5.41) is 0. The van der Waals surface area contributed by atoms with E-state index in [4.69, 9.17) is 5.73 Å². The molecule has 1 heterocycles. The van der Waals surface area contributed by atoms with E-state index in [0.29, 0.717) is 0 Å². The van der Waals surface area contributed by atoms with Crippen LogP contribution in [-0.2, 0) is 0 Å². The number of nitrogens with zero attached hydrogens (tertiary/aromatic N) is 2. The number of unbranched alkanes of at least 4 members (excludes halogenated alkanes) is 1. The fourth-order valence-corrected chi connectivity index (χ4v) is 2.69. The first-order chi connectivity index (χ1) is 9.74. The largest absolute Gasteiger partial charge is 0.324 e. The summed E-state index contributed by atoms with van der Waals surface area (Å²) in [6.45, 7) is 4.51. The monoisotopic (exact) mass is 271 g/mol. The first-order valence-electron chi connectivity index (χ1n) is 7.70. The molecule has 0 amide bonds. The van der Waals surface area contributed by atoms with Crippen molar-refractivity contribution in [2.75, 3.05) is 0 Å². The maximum absolute atomic E-state index is 6.39. The Balaban J connectivity index is 2.07. The van der Waals surface area contributed by atoms with Gasteiger partial charge < -0.3 is 5.73 Å². The summed E-state index contributed by atoms with van der Waals surface area (Å²) >= 11 is 0. The molecule has 0 aliphatic rings. The molecule has 2 aromatic rings. The van der Waals surface area contributed by atoms with Gasteiger partial charge in [0.2, 0.25) is 0 Å². The molecule has 1 aromatic carbocycles. The van der Waals surface area contributed by atoms with Crippen LogP contribution in [0.25, 0.3) is 11.0 Å². The summed E-state index contributed by atoms with van der Waals surface area (Å²) in [6.07, 6.45) is 9.57. The molecule has 0 fully saturated rings. The molecule has 0 aliphatic carbocycles. The highest BCUT2D eigenvalue weighted by atomic mass is 14.8. The number of benzene rings is 1. The molecule has 3 nitrogen and oxygen atoms in total. The summed E-state index contributed by atoms with van der Waals surface area (Å²) < 4.78 is 0. The first kappa shape index (κ1) is 14.9. The topological polar surface area (TPSA) is 51.8 Å². The lowest BCUT2D eigenvalue weighted by atomic mass is 9.89. The zero-order chi connectivity index (χ0) is 14.4. The molecule has 2 rings (SSSR count). The van der Waals surface area contributed by atoms with Crippen molar-refractivity contribution < 1.29 is 0 Å². The van der Waals surface area contributed by atoms with E-state index >= 15 is 0 Å². The van der Waals surface area contributed by atoms with Gasteiger partial charge >= 0.3 is 0 Å². The molecular weight excluding hydrogens is 246 g/mol. The van der Waals surface area contributed by atoms with Gasteiger partial charge in [-0.25, -0.2) is 0 Å². The van der Waals surface area contributed by atoms with Crippen molar-refractivity contribution in [3.05, 3.63) is 36.2 Å². The van der Waals surface area contributed by atoms with Crippen molar-refractivity contribution in [3.63, 3.8) is 0 Å². The minimum atomic E-state index is 0.100. The van der Waals surface area contributed by atoms with Crippen LogP contribution in [-0.4, -0.2) is 9.97 Å². The summed E-state index contributed by atoms with van der Waals surface area (Å²) in [4.78, 5) is 8.65. The highest BCUT2D eigenvalue weighted by molar-refractivity contribution is 5.74. The van der Waals surface area contributed by atoms with Crippen LogP contribution in [0.15, 0.2) is 30.6 Å². The summed E-state index contributed by atoms with van der Waals surface area (Å²) in [6, 6.07) is 6.29. The van der Waals surface area contributed by atoms with Crippen molar-refractivity contribution in [1.82, 2.24) is 9.97 Å². The fraction of sp³-hybridized carbons (Fsp3) is 0.529. The molecular formula is C17H25N3. The maximum Gasteiger partial charge on any atom is 0.0890 e. The average molecular weight is 271 g/mol. The second-order valence-electron chi connectivity index (χ2n) is 5.56. The van der Waals surface area contributed by atoms with Crippen molar-refractivity contribution in [2.24, 2.45) is 11.7 Å². The van der Waals surface area contributed by atoms with E-state index in [9.17, 15) is 0 Å². The van der Waals surface area contributed by atoms with Crippen LogP contribution in [0.3, 0.4) is 0 Å². The molecule has 0 radical (unpaired) electrons. The minimum absolute atomic E-state index is 0.100. The molecule has 20 heavy (non-hydrogen) atoms. The molecule has 0 aliphatic heterocycles. The van der Waals surface area contributed by atoms with E-state index in [1.807, 2.05) is 6.07 Å². The molecule has 0 saturated heterocycles. The van der Waals surface area contributed by atoms with Crippen molar-refractivity contribution >= 4 is 11.0 Å². The lowest BCUT2D eigenvalue weighted by Crippen LogP contribution is -2.15. The highest BCUT2D eigenvalue weighted by Crippen LogP contribution is 2.26. The number of hydrogen-bond acceptors (Lipinski definition) is 3. The van der Waals surface area contributed by atoms with Gasteiger partial charge in [0.05, 0.1) is 11.0 Å². The van der Waals surface area contributed by atoms with Crippen molar-refractivity contribution in [2.45, 2.75) is 52.0 Å². The Labute approximate surface area is 121 Å². The third kappa shape index (κ3) is 3.76. The molecule has 108 valence electrons. The van der Waals surface area contributed by atoms with E-state index in [1.54, 1.807) is 12.4 Å². The van der Waals surface area contributed by atoms with E-state index in [1.165, 1.54) is 31.2 Å². The molecule has 0 spiro atoms. The second kappa shape index (κ2) is 7.34. The Morgan fingerprint density at radius 1 is 1.10 bits per heavy atom. The molecule has 2 atom stereocenters. The minimum Gasteiger partial charge on any atom is -0.324 e. The van der Waals surface area contributed by atoms with Crippen LogP contribution in [0, 0.1) is 5.92 Å². The van der Waals surface area contributed by atoms with Gasteiger partial charge in [0.15, 0.2) is 0 Å². The first-order valence-corrected chi connectivity index (χ1v) is 7.70.